The number of hydrogen-bond donors (Lipinski definition) is 3. The van der Waals surface area contributed by atoms with Crippen LogP contribution in [-0.2, 0) is 4.79 Å². The van der Waals surface area contributed by atoms with E-state index in [0.717, 1.165) is 31.0 Å². The molecule has 1 aliphatic heterocycles. The first-order valence-corrected chi connectivity index (χ1v) is 8.37. The van der Waals surface area contributed by atoms with Crippen molar-refractivity contribution in [3.05, 3.63) is 24.3 Å². The Morgan fingerprint density at radius 1 is 1.13 bits per heavy atom. The molecule has 3 N–H and O–H groups in total. The molecule has 1 heterocycles. The molecule has 6 heteroatoms. The predicted octanol–water partition coefficient (Wildman–Crippen LogP) is 1.93. The quantitative estimate of drug-likeness (QED) is 0.751. The van der Waals surface area contributed by atoms with Gasteiger partial charge in [-0.2, -0.15) is 0 Å². The van der Waals surface area contributed by atoms with Crippen LogP contribution >= 0.6 is 0 Å². The summed E-state index contributed by atoms with van der Waals surface area (Å²) in [6, 6.07) is 7.46. The second-order valence-electron chi connectivity index (χ2n) is 6.30. The highest BCUT2D eigenvalue weighted by Crippen LogP contribution is 2.27. The summed E-state index contributed by atoms with van der Waals surface area (Å²) in [5.74, 6) is 0.499. The van der Waals surface area contributed by atoms with Crippen molar-refractivity contribution in [2.75, 3.05) is 36.4 Å². The number of carbonyl (C=O) groups excluding carboxylic acids is 2. The molecule has 3 rings (SSSR count). The molecule has 2 aliphatic rings. The Labute approximate surface area is 136 Å². The number of urea groups is 1. The van der Waals surface area contributed by atoms with Crippen LogP contribution in [0.25, 0.3) is 0 Å². The highest BCUT2D eigenvalue weighted by atomic mass is 16.2. The van der Waals surface area contributed by atoms with Crippen molar-refractivity contribution >= 4 is 23.3 Å². The van der Waals surface area contributed by atoms with Gasteiger partial charge in [0.1, 0.15) is 0 Å². The minimum absolute atomic E-state index is 0.00433. The molecule has 0 atom stereocenters. The van der Waals surface area contributed by atoms with Crippen LogP contribution in [0.4, 0.5) is 16.2 Å². The van der Waals surface area contributed by atoms with Crippen molar-refractivity contribution in [2.45, 2.75) is 25.7 Å². The van der Waals surface area contributed by atoms with Crippen LogP contribution in [0.3, 0.4) is 0 Å². The standard InChI is InChI=1S/C17H24N4O2/c22-16(18-11-13-6-7-13)12-19-17(23)20-14-4-3-5-15(10-14)21-8-1-2-9-21/h3-5,10,13H,1-2,6-9,11-12H2,(H,18,22)(H2,19,20,23). The first-order valence-electron chi connectivity index (χ1n) is 8.37. The molecule has 1 aromatic carbocycles. The van der Waals surface area contributed by atoms with Gasteiger partial charge in [-0.05, 0) is 49.8 Å². The molecule has 1 saturated carbocycles. The molecule has 1 aromatic rings. The fourth-order valence-corrected chi connectivity index (χ4v) is 2.73. The summed E-state index contributed by atoms with van der Waals surface area (Å²) in [7, 11) is 0. The van der Waals surface area contributed by atoms with Crippen LogP contribution in [0.5, 0.6) is 0 Å². The van der Waals surface area contributed by atoms with Crippen LogP contribution in [0.1, 0.15) is 25.7 Å². The molecule has 0 unspecified atom stereocenters. The minimum atomic E-state index is -0.356. The average molecular weight is 316 g/mol. The Morgan fingerprint density at radius 2 is 1.91 bits per heavy atom. The van der Waals surface area contributed by atoms with Gasteiger partial charge in [-0.25, -0.2) is 4.79 Å². The third kappa shape index (κ3) is 4.87. The summed E-state index contributed by atoms with van der Waals surface area (Å²) >= 11 is 0. The number of carbonyl (C=O) groups is 2. The van der Waals surface area contributed by atoms with Crippen molar-refractivity contribution < 1.29 is 9.59 Å². The average Bonchev–Trinajstić information content (AvgIpc) is 3.22. The number of benzene rings is 1. The van der Waals surface area contributed by atoms with Gasteiger partial charge in [0.2, 0.25) is 5.91 Å². The summed E-state index contributed by atoms with van der Waals surface area (Å²) in [4.78, 5) is 25.8. The Morgan fingerprint density at radius 3 is 2.65 bits per heavy atom. The SMILES string of the molecule is O=C(CNC(=O)Nc1cccc(N2CCCC2)c1)NCC1CC1. The van der Waals surface area contributed by atoms with E-state index in [0.29, 0.717) is 5.92 Å². The Balaban J connectivity index is 1.43. The lowest BCUT2D eigenvalue weighted by Crippen LogP contribution is -2.39. The van der Waals surface area contributed by atoms with Gasteiger partial charge in [0.15, 0.2) is 0 Å². The maximum atomic E-state index is 11.9. The molecular formula is C17H24N4O2. The van der Waals surface area contributed by atoms with Gasteiger partial charge in [0, 0.05) is 31.0 Å². The molecule has 0 aromatic heterocycles. The minimum Gasteiger partial charge on any atom is -0.371 e. The van der Waals surface area contributed by atoms with Gasteiger partial charge >= 0.3 is 6.03 Å². The lowest BCUT2D eigenvalue weighted by Gasteiger charge is -2.18. The van der Waals surface area contributed by atoms with Gasteiger partial charge < -0.3 is 20.9 Å². The van der Waals surface area contributed by atoms with E-state index >= 15 is 0 Å². The second-order valence-corrected chi connectivity index (χ2v) is 6.30. The molecule has 1 aliphatic carbocycles. The van der Waals surface area contributed by atoms with Crippen molar-refractivity contribution in [3.8, 4) is 0 Å². The highest BCUT2D eigenvalue weighted by Gasteiger charge is 2.21. The maximum Gasteiger partial charge on any atom is 0.319 e. The van der Waals surface area contributed by atoms with Crippen LogP contribution in [0.15, 0.2) is 24.3 Å². The van der Waals surface area contributed by atoms with Gasteiger partial charge in [-0.1, -0.05) is 6.07 Å². The monoisotopic (exact) mass is 316 g/mol. The predicted molar refractivity (Wildman–Crippen MR) is 90.6 cm³/mol. The zero-order chi connectivity index (χ0) is 16.1. The molecule has 23 heavy (non-hydrogen) atoms. The summed E-state index contributed by atoms with van der Waals surface area (Å²) < 4.78 is 0. The van der Waals surface area contributed by atoms with Crippen molar-refractivity contribution in [1.29, 1.82) is 0 Å². The summed E-state index contributed by atoms with van der Waals surface area (Å²) in [6.07, 6.45) is 4.82. The zero-order valence-corrected chi connectivity index (χ0v) is 13.3. The second kappa shape index (κ2) is 7.35. The van der Waals surface area contributed by atoms with Gasteiger partial charge in [0.05, 0.1) is 6.54 Å². The molecule has 6 nitrogen and oxygen atoms in total. The largest absolute Gasteiger partial charge is 0.371 e. The van der Waals surface area contributed by atoms with Crippen molar-refractivity contribution in [2.24, 2.45) is 5.92 Å². The molecular weight excluding hydrogens is 292 g/mol. The molecule has 3 amide bonds. The molecule has 2 fully saturated rings. The van der Waals surface area contributed by atoms with Gasteiger partial charge in [-0.3, -0.25) is 4.79 Å². The Kier molecular flexibility index (Phi) is 5.00. The molecule has 124 valence electrons. The summed E-state index contributed by atoms with van der Waals surface area (Å²) in [6.45, 7) is 2.86. The van der Waals surface area contributed by atoms with E-state index in [1.807, 2.05) is 18.2 Å². The van der Waals surface area contributed by atoms with E-state index in [-0.39, 0.29) is 18.5 Å². The van der Waals surface area contributed by atoms with Crippen LogP contribution < -0.4 is 20.9 Å². The lowest BCUT2D eigenvalue weighted by molar-refractivity contribution is -0.120. The zero-order valence-electron chi connectivity index (χ0n) is 13.3. The van der Waals surface area contributed by atoms with Crippen LogP contribution in [0.2, 0.25) is 0 Å². The Bertz CT molecular complexity index is 565. The normalized spacial score (nSPS) is 17.0. The Hall–Kier alpha value is -2.24. The van der Waals surface area contributed by atoms with E-state index in [1.165, 1.54) is 25.7 Å². The van der Waals surface area contributed by atoms with Crippen LogP contribution in [0, 0.1) is 5.92 Å². The van der Waals surface area contributed by atoms with Crippen LogP contribution in [-0.4, -0.2) is 38.1 Å². The third-order valence-electron chi connectivity index (χ3n) is 4.27. The summed E-state index contributed by atoms with van der Waals surface area (Å²) in [5, 5.41) is 8.19. The number of nitrogens with zero attached hydrogens (tertiary/aromatic N) is 1. The van der Waals surface area contributed by atoms with E-state index < -0.39 is 0 Å². The number of hydrogen-bond acceptors (Lipinski definition) is 3. The number of amides is 3. The fraction of sp³-hybridized carbons (Fsp3) is 0.529. The molecule has 1 saturated heterocycles. The fourth-order valence-electron chi connectivity index (χ4n) is 2.73. The molecule has 0 bridgehead atoms. The van der Waals surface area contributed by atoms with Gasteiger partial charge in [-0.15, -0.1) is 0 Å². The molecule has 0 spiro atoms. The van der Waals surface area contributed by atoms with Crippen molar-refractivity contribution in [1.82, 2.24) is 10.6 Å². The number of rotatable bonds is 6. The maximum absolute atomic E-state index is 11.9. The molecule has 0 radical (unpaired) electrons. The smallest absolute Gasteiger partial charge is 0.319 e. The number of nitrogens with one attached hydrogen (secondary N) is 3. The van der Waals surface area contributed by atoms with E-state index in [2.05, 4.69) is 26.9 Å². The van der Waals surface area contributed by atoms with E-state index in [9.17, 15) is 9.59 Å². The van der Waals surface area contributed by atoms with E-state index in [4.69, 9.17) is 0 Å². The summed E-state index contributed by atoms with van der Waals surface area (Å²) in [5.41, 5.74) is 1.87. The first kappa shape index (κ1) is 15.6. The highest BCUT2D eigenvalue weighted by molar-refractivity contribution is 5.92. The number of anilines is 2. The topological polar surface area (TPSA) is 73.5 Å². The van der Waals surface area contributed by atoms with Gasteiger partial charge in [0.25, 0.3) is 0 Å². The van der Waals surface area contributed by atoms with Crippen molar-refractivity contribution in [3.63, 3.8) is 0 Å². The van der Waals surface area contributed by atoms with E-state index in [1.54, 1.807) is 0 Å². The lowest BCUT2D eigenvalue weighted by atomic mass is 10.2. The first-order chi connectivity index (χ1) is 11.2. The third-order valence-corrected chi connectivity index (χ3v) is 4.27.